The van der Waals surface area contributed by atoms with Gasteiger partial charge in [0, 0.05) is 18.7 Å². The molecule has 1 fully saturated rings. The lowest BCUT2D eigenvalue weighted by Gasteiger charge is -2.13. The molecule has 0 unspecified atom stereocenters. The third kappa shape index (κ3) is 2.61. The van der Waals surface area contributed by atoms with Crippen LogP contribution in [0, 0.1) is 0 Å². The highest BCUT2D eigenvalue weighted by molar-refractivity contribution is 6.34. The van der Waals surface area contributed by atoms with Gasteiger partial charge in [0.15, 0.2) is 5.78 Å². The number of aliphatic hydroxyl groups excluding tert-OH is 1. The largest absolute Gasteiger partial charge is 0.392 e. The number of halogens is 1. The molecule has 0 spiro atoms. The third-order valence-electron chi connectivity index (χ3n) is 2.79. The van der Waals surface area contributed by atoms with Crippen LogP contribution in [0.25, 0.3) is 0 Å². The van der Waals surface area contributed by atoms with E-state index in [1.807, 2.05) is 4.90 Å². The third-order valence-corrected chi connectivity index (χ3v) is 3.12. The van der Waals surface area contributed by atoms with E-state index in [4.69, 9.17) is 11.6 Å². The maximum absolute atomic E-state index is 11.9. The quantitative estimate of drug-likeness (QED) is 0.815. The molecule has 0 bridgehead atoms. The van der Waals surface area contributed by atoms with Crippen LogP contribution in [0.3, 0.4) is 0 Å². The summed E-state index contributed by atoms with van der Waals surface area (Å²) in [5.41, 5.74) is 0.561. The molecule has 0 amide bonds. The summed E-state index contributed by atoms with van der Waals surface area (Å²) in [7, 11) is 0. The molecule has 1 N–H and O–H groups in total. The molecule has 1 aliphatic heterocycles. The van der Waals surface area contributed by atoms with E-state index in [1.54, 1.807) is 24.3 Å². The minimum absolute atomic E-state index is 0.0136. The highest BCUT2D eigenvalue weighted by atomic mass is 35.5. The molecule has 3 nitrogen and oxygen atoms in total. The van der Waals surface area contributed by atoms with Gasteiger partial charge in [-0.3, -0.25) is 9.69 Å². The van der Waals surface area contributed by atoms with E-state index in [0.29, 0.717) is 23.7 Å². The number of ketones is 1. The summed E-state index contributed by atoms with van der Waals surface area (Å²) >= 11 is 5.94. The van der Waals surface area contributed by atoms with Crippen molar-refractivity contribution >= 4 is 17.4 Å². The number of carbonyl (C=O) groups is 1. The Bertz CT molecular complexity index is 394. The second-order valence-electron chi connectivity index (χ2n) is 4.08. The molecule has 1 aliphatic rings. The van der Waals surface area contributed by atoms with Gasteiger partial charge in [0.1, 0.15) is 0 Å². The summed E-state index contributed by atoms with van der Waals surface area (Å²) in [6.07, 6.45) is 0.453. The van der Waals surface area contributed by atoms with E-state index < -0.39 is 0 Å². The van der Waals surface area contributed by atoms with Crippen molar-refractivity contribution in [1.82, 2.24) is 4.90 Å². The molecule has 1 saturated heterocycles. The first kappa shape index (κ1) is 11.6. The number of nitrogens with zero attached hydrogens (tertiary/aromatic N) is 1. The zero-order chi connectivity index (χ0) is 11.5. The summed E-state index contributed by atoms with van der Waals surface area (Å²) in [6, 6.07) is 7.06. The van der Waals surface area contributed by atoms with Gasteiger partial charge in [-0.15, -0.1) is 0 Å². The van der Waals surface area contributed by atoms with E-state index in [0.717, 1.165) is 13.0 Å². The van der Waals surface area contributed by atoms with Crippen LogP contribution in [0.2, 0.25) is 5.02 Å². The van der Waals surface area contributed by atoms with Crippen LogP contribution >= 0.6 is 11.6 Å². The number of Topliss-reactive ketones (excluding diaryl/α,β-unsaturated/α-hetero) is 1. The Balaban J connectivity index is 2.01. The molecular weight excluding hydrogens is 226 g/mol. The first-order valence-electron chi connectivity index (χ1n) is 5.35. The lowest BCUT2D eigenvalue weighted by molar-refractivity contribution is 0.0935. The summed E-state index contributed by atoms with van der Waals surface area (Å²) in [5.74, 6) is 0.0136. The van der Waals surface area contributed by atoms with Gasteiger partial charge < -0.3 is 5.11 Å². The topological polar surface area (TPSA) is 40.5 Å². The minimum Gasteiger partial charge on any atom is -0.392 e. The maximum Gasteiger partial charge on any atom is 0.178 e. The summed E-state index contributed by atoms with van der Waals surface area (Å²) in [6.45, 7) is 1.69. The monoisotopic (exact) mass is 239 g/mol. The molecular formula is C12H14ClNO2. The van der Waals surface area contributed by atoms with E-state index in [9.17, 15) is 9.90 Å². The second kappa shape index (κ2) is 4.95. The van der Waals surface area contributed by atoms with E-state index in [2.05, 4.69) is 0 Å². The van der Waals surface area contributed by atoms with Crippen molar-refractivity contribution in [3.63, 3.8) is 0 Å². The van der Waals surface area contributed by atoms with Gasteiger partial charge in [0.05, 0.1) is 17.7 Å². The van der Waals surface area contributed by atoms with Crippen molar-refractivity contribution in [3.05, 3.63) is 34.9 Å². The molecule has 0 aliphatic carbocycles. The summed E-state index contributed by atoms with van der Waals surface area (Å²) < 4.78 is 0. The highest BCUT2D eigenvalue weighted by Crippen LogP contribution is 2.17. The first-order valence-corrected chi connectivity index (χ1v) is 5.73. The molecule has 0 aromatic heterocycles. The SMILES string of the molecule is O=C(CN1CC[C@H](O)C1)c1ccccc1Cl. The number of aliphatic hydroxyl groups is 1. The normalized spacial score (nSPS) is 21.2. The Morgan fingerprint density at radius 2 is 2.25 bits per heavy atom. The lowest BCUT2D eigenvalue weighted by Crippen LogP contribution is -2.28. The van der Waals surface area contributed by atoms with E-state index in [1.165, 1.54) is 0 Å². The van der Waals surface area contributed by atoms with Gasteiger partial charge in [-0.1, -0.05) is 23.7 Å². The number of benzene rings is 1. The number of hydrogen-bond donors (Lipinski definition) is 1. The van der Waals surface area contributed by atoms with Gasteiger partial charge in [-0.05, 0) is 18.6 Å². The Kier molecular flexibility index (Phi) is 3.59. The zero-order valence-corrected chi connectivity index (χ0v) is 9.65. The Hall–Kier alpha value is -0.900. The van der Waals surface area contributed by atoms with Crippen LogP contribution in [-0.2, 0) is 0 Å². The van der Waals surface area contributed by atoms with Crippen LogP contribution < -0.4 is 0 Å². The standard InChI is InChI=1S/C12H14ClNO2/c13-11-4-2-1-3-10(11)12(16)8-14-6-5-9(15)7-14/h1-4,9,15H,5-8H2/t9-/m0/s1. The van der Waals surface area contributed by atoms with Crippen LogP contribution in [0.4, 0.5) is 0 Å². The first-order chi connectivity index (χ1) is 7.66. The van der Waals surface area contributed by atoms with Crippen LogP contribution in [0.5, 0.6) is 0 Å². The second-order valence-corrected chi connectivity index (χ2v) is 4.49. The van der Waals surface area contributed by atoms with Crippen LogP contribution in [0.15, 0.2) is 24.3 Å². The fraction of sp³-hybridized carbons (Fsp3) is 0.417. The number of hydrogen-bond acceptors (Lipinski definition) is 3. The van der Waals surface area contributed by atoms with Crippen molar-refractivity contribution in [2.24, 2.45) is 0 Å². The molecule has 1 heterocycles. The van der Waals surface area contributed by atoms with Crippen molar-refractivity contribution in [3.8, 4) is 0 Å². The van der Waals surface area contributed by atoms with Gasteiger partial charge in [0.2, 0.25) is 0 Å². The highest BCUT2D eigenvalue weighted by Gasteiger charge is 2.22. The fourth-order valence-corrected chi connectivity index (χ4v) is 2.17. The molecule has 1 aromatic rings. The minimum atomic E-state index is -0.293. The van der Waals surface area contributed by atoms with Crippen LogP contribution in [0.1, 0.15) is 16.8 Å². The Morgan fingerprint density at radius 1 is 1.50 bits per heavy atom. The predicted octanol–water partition coefficient (Wildman–Crippen LogP) is 1.59. The Morgan fingerprint density at radius 3 is 2.88 bits per heavy atom. The summed E-state index contributed by atoms with van der Waals surface area (Å²) in [5, 5.41) is 9.85. The molecule has 86 valence electrons. The van der Waals surface area contributed by atoms with Crippen molar-refractivity contribution < 1.29 is 9.90 Å². The van der Waals surface area contributed by atoms with E-state index in [-0.39, 0.29) is 11.9 Å². The lowest BCUT2D eigenvalue weighted by atomic mass is 10.1. The number of carbonyl (C=O) groups excluding carboxylic acids is 1. The smallest absolute Gasteiger partial charge is 0.178 e. The van der Waals surface area contributed by atoms with E-state index >= 15 is 0 Å². The van der Waals surface area contributed by atoms with Crippen molar-refractivity contribution in [1.29, 1.82) is 0 Å². The van der Waals surface area contributed by atoms with Crippen molar-refractivity contribution in [2.45, 2.75) is 12.5 Å². The summed E-state index contributed by atoms with van der Waals surface area (Å²) in [4.78, 5) is 13.9. The van der Waals surface area contributed by atoms with Gasteiger partial charge in [-0.25, -0.2) is 0 Å². The van der Waals surface area contributed by atoms with Gasteiger partial charge in [-0.2, -0.15) is 0 Å². The predicted molar refractivity (Wildman–Crippen MR) is 62.8 cm³/mol. The zero-order valence-electron chi connectivity index (χ0n) is 8.90. The number of β-amino-alcohol motifs (C(OH)–C–C–N with tert-alkyl or cyclic N) is 1. The van der Waals surface area contributed by atoms with Gasteiger partial charge in [0.25, 0.3) is 0 Å². The van der Waals surface area contributed by atoms with Crippen LogP contribution in [-0.4, -0.2) is 41.5 Å². The molecule has 0 radical (unpaired) electrons. The molecule has 0 saturated carbocycles. The number of likely N-dealkylation sites (tertiary alicyclic amines) is 1. The molecule has 4 heteroatoms. The number of rotatable bonds is 3. The van der Waals surface area contributed by atoms with Gasteiger partial charge >= 0.3 is 0 Å². The molecule has 1 atom stereocenters. The molecule has 16 heavy (non-hydrogen) atoms. The van der Waals surface area contributed by atoms with Crippen molar-refractivity contribution in [2.75, 3.05) is 19.6 Å². The Labute approximate surface area is 99.6 Å². The average molecular weight is 240 g/mol. The maximum atomic E-state index is 11.9. The fourth-order valence-electron chi connectivity index (χ4n) is 1.93. The average Bonchev–Trinajstić information content (AvgIpc) is 2.64. The molecule has 2 rings (SSSR count). The molecule has 1 aromatic carbocycles.